The first-order valence-corrected chi connectivity index (χ1v) is 3.96. The number of amides is 1. The first-order chi connectivity index (χ1) is 6.61. The van der Waals surface area contributed by atoms with Crippen LogP contribution in [-0.2, 0) is 11.2 Å². The number of hydrogen-bond donors (Lipinski definition) is 1. The lowest BCUT2D eigenvalue weighted by molar-refractivity contribution is -0.125. The van der Waals surface area contributed by atoms with Gasteiger partial charge in [0.2, 0.25) is 5.91 Å². The van der Waals surface area contributed by atoms with E-state index in [0.29, 0.717) is 5.56 Å². The van der Waals surface area contributed by atoms with Crippen LogP contribution in [0.2, 0.25) is 0 Å². The second-order valence-corrected chi connectivity index (χ2v) is 2.80. The van der Waals surface area contributed by atoms with E-state index >= 15 is 0 Å². The zero-order valence-corrected chi connectivity index (χ0v) is 7.19. The molecule has 0 atom stereocenters. The lowest BCUT2D eigenvalue weighted by Crippen LogP contribution is -2.13. The Morgan fingerprint density at radius 2 is 1.79 bits per heavy atom. The summed E-state index contributed by atoms with van der Waals surface area (Å²) in [7, 11) is 0. The van der Waals surface area contributed by atoms with Crippen molar-refractivity contribution >= 4 is 5.91 Å². The third-order valence-electron chi connectivity index (χ3n) is 1.67. The van der Waals surface area contributed by atoms with E-state index in [2.05, 4.69) is 0 Å². The van der Waals surface area contributed by atoms with Gasteiger partial charge in [-0.05, 0) is 24.1 Å². The zero-order valence-electron chi connectivity index (χ0n) is 7.19. The van der Waals surface area contributed by atoms with E-state index in [0.717, 1.165) is 23.7 Å². The number of aryl methyl sites for hydroxylation is 1. The van der Waals surface area contributed by atoms with Crippen molar-refractivity contribution in [1.29, 1.82) is 0 Å². The van der Waals surface area contributed by atoms with Gasteiger partial charge in [0.25, 0.3) is 0 Å². The third-order valence-corrected chi connectivity index (χ3v) is 1.67. The molecule has 0 radical (unpaired) electrons. The molecule has 0 saturated heterocycles. The SMILES string of the molecule is O=C(CCc1cc(F)cc(F)c1)NF. The second-order valence-electron chi connectivity index (χ2n) is 2.80. The fourth-order valence-electron chi connectivity index (χ4n) is 1.06. The highest BCUT2D eigenvalue weighted by Gasteiger charge is 2.04. The molecule has 0 aliphatic carbocycles. The molecule has 0 spiro atoms. The molecule has 0 aliphatic heterocycles. The van der Waals surface area contributed by atoms with Crippen LogP contribution < -0.4 is 5.54 Å². The van der Waals surface area contributed by atoms with E-state index in [1.807, 2.05) is 0 Å². The molecule has 1 rings (SSSR count). The van der Waals surface area contributed by atoms with Crippen LogP contribution in [0, 0.1) is 11.6 Å². The Kier molecular flexibility index (Phi) is 3.50. The molecule has 0 aromatic heterocycles. The number of halogens is 3. The predicted molar refractivity (Wildman–Crippen MR) is 43.9 cm³/mol. The van der Waals surface area contributed by atoms with Crippen molar-refractivity contribution in [2.45, 2.75) is 12.8 Å². The Bertz CT molecular complexity index is 321. The van der Waals surface area contributed by atoms with Gasteiger partial charge in [-0.3, -0.25) is 4.79 Å². The van der Waals surface area contributed by atoms with Crippen LogP contribution in [-0.4, -0.2) is 5.91 Å². The van der Waals surface area contributed by atoms with Crippen LogP contribution in [0.1, 0.15) is 12.0 Å². The van der Waals surface area contributed by atoms with Crippen LogP contribution in [0.5, 0.6) is 0 Å². The summed E-state index contributed by atoms with van der Waals surface area (Å²) in [6.45, 7) is 0. The Morgan fingerprint density at radius 1 is 1.21 bits per heavy atom. The molecule has 1 amide bonds. The molecule has 0 saturated carbocycles. The zero-order chi connectivity index (χ0) is 10.6. The summed E-state index contributed by atoms with van der Waals surface area (Å²) >= 11 is 0. The highest BCUT2D eigenvalue weighted by Crippen LogP contribution is 2.09. The average Bonchev–Trinajstić information content (AvgIpc) is 2.12. The largest absolute Gasteiger partial charge is 0.273 e. The Morgan fingerprint density at radius 3 is 2.29 bits per heavy atom. The van der Waals surface area contributed by atoms with Crippen molar-refractivity contribution < 1.29 is 18.1 Å². The van der Waals surface area contributed by atoms with E-state index < -0.39 is 17.5 Å². The van der Waals surface area contributed by atoms with Crippen LogP contribution in [0.25, 0.3) is 0 Å². The summed E-state index contributed by atoms with van der Waals surface area (Å²) in [6, 6.07) is 2.95. The number of benzene rings is 1. The van der Waals surface area contributed by atoms with Gasteiger partial charge in [0.1, 0.15) is 11.6 Å². The number of nitrogens with one attached hydrogen (secondary N) is 1. The van der Waals surface area contributed by atoms with Crippen LogP contribution >= 0.6 is 0 Å². The molecule has 0 heterocycles. The molecule has 76 valence electrons. The predicted octanol–water partition coefficient (Wildman–Crippen LogP) is 1.90. The van der Waals surface area contributed by atoms with Gasteiger partial charge in [-0.1, -0.05) is 0 Å². The van der Waals surface area contributed by atoms with Gasteiger partial charge in [-0.2, -0.15) is 5.54 Å². The summed E-state index contributed by atoms with van der Waals surface area (Å²) in [5.41, 5.74) is 1.26. The molecule has 5 heteroatoms. The minimum absolute atomic E-state index is 0.102. The van der Waals surface area contributed by atoms with Gasteiger partial charge < -0.3 is 0 Å². The molecule has 0 aliphatic rings. The van der Waals surface area contributed by atoms with Gasteiger partial charge >= 0.3 is 0 Å². The quantitative estimate of drug-likeness (QED) is 0.747. The first kappa shape index (κ1) is 10.6. The highest BCUT2D eigenvalue weighted by atomic mass is 19.2. The minimum atomic E-state index is -0.810. The topological polar surface area (TPSA) is 29.1 Å². The first-order valence-electron chi connectivity index (χ1n) is 3.96. The Hall–Kier alpha value is -1.52. The minimum Gasteiger partial charge on any atom is -0.273 e. The Balaban J connectivity index is 2.63. The molecule has 1 aromatic carbocycles. The lowest BCUT2D eigenvalue weighted by atomic mass is 10.1. The third kappa shape index (κ3) is 3.08. The fourth-order valence-corrected chi connectivity index (χ4v) is 1.06. The molecule has 0 bridgehead atoms. The summed E-state index contributed by atoms with van der Waals surface area (Å²) < 4.78 is 36.7. The van der Waals surface area contributed by atoms with Gasteiger partial charge in [0.15, 0.2) is 0 Å². The van der Waals surface area contributed by atoms with Gasteiger partial charge in [-0.25, -0.2) is 8.78 Å². The van der Waals surface area contributed by atoms with E-state index in [1.54, 1.807) is 0 Å². The summed E-state index contributed by atoms with van der Waals surface area (Å²) in [6.07, 6.45) is -0.0379. The van der Waals surface area contributed by atoms with Crippen molar-refractivity contribution in [2.75, 3.05) is 0 Å². The molecular weight excluding hydrogens is 195 g/mol. The normalized spacial score (nSPS) is 9.93. The summed E-state index contributed by atoms with van der Waals surface area (Å²) in [5, 5.41) is 0. The molecule has 0 fully saturated rings. The highest BCUT2D eigenvalue weighted by molar-refractivity contribution is 5.74. The van der Waals surface area contributed by atoms with Gasteiger partial charge in [0.05, 0.1) is 0 Å². The molecule has 1 aromatic rings. The molecule has 1 N–H and O–H groups in total. The van der Waals surface area contributed by atoms with Crippen LogP contribution in [0.3, 0.4) is 0 Å². The fraction of sp³-hybridized carbons (Fsp3) is 0.222. The van der Waals surface area contributed by atoms with Crippen molar-refractivity contribution in [3.63, 3.8) is 0 Å². The maximum Gasteiger partial charge on any atom is 0.247 e. The average molecular weight is 203 g/mol. The smallest absolute Gasteiger partial charge is 0.247 e. The molecule has 2 nitrogen and oxygen atoms in total. The lowest BCUT2D eigenvalue weighted by Gasteiger charge is -2.00. The molecule has 14 heavy (non-hydrogen) atoms. The summed E-state index contributed by atoms with van der Waals surface area (Å²) in [5.74, 6) is -2.23. The van der Waals surface area contributed by atoms with E-state index in [-0.39, 0.29) is 12.8 Å². The van der Waals surface area contributed by atoms with Crippen LogP contribution in [0.15, 0.2) is 18.2 Å². The maximum absolute atomic E-state index is 12.6. The standard InChI is InChI=1S/C9H8F3NO/c10-7-3-6(4-8(11)5-7)1-2-9(14)13-12/h3-5H,1-2H2,(H,13,14). The van der Waals surface area contributed by atoms with Crippen LogP contribution in [0.4, 0.5) is 13.3 Å². The number of hydrogen-bond acceptors (Lipinski definition) is 1. The monoisotopic (exact) mass is 203 g/mol. The van der Waals surface area contributed by atoms with Crippen molar-refractivity contribution in [3.8, 4) is 0 Å². The molecular formula is C9H8F3NO. The number of carbonyl (C=O) groups is 1. The van der Waals surface area contributed by atoms with E-state index in [1.165, 1.54) is 0 Å². The van der Waals surface area contributed by atoms with Gasteiger partial charge in [0, 0.05) is 12.5 Å². The maximum atomic E-state index is 12.6. The number of rotatable bonds is 3. The molecule has 0 unspecified atom stereocenters. The van der Waals surface area contributed by atoms with Crippen molar-refractivity contribution in [3.05, 3.63) is 35.4 Å². The number of carbonyl (C=O) groups excluding carboxylic acids is 1. The van der Waals surface area contributed by atoms with Crippen molar-refractivity contribution in [1.82, 2.24) is 5.54 Å². The van der Waals surface area contributed by atoms with E-state index in [9.17, 15) is 18.1 Å². The Labute approximate surface area is 78.7 Å². The second kappa shape index (κ2) is 4.64. The van der Waals surface area contributed by atoms with Crippen molar-refractivity contribution in [2.24, 2.45) is 0 Å². The van der Waals surface area contributed by atoms with Gasteiger partial charge in [-0.15, -0.1) is 4.48 Å². The van der Waals surface area contributed by atoms with E-state index in [4.69, 9.17) is 0 Å². The summed E-state index contributed by atoms with van der Waals surface area (Å²) in [4.78, 5) is 10.5.